The van der Waals surface area contributed by atoms with Crippen molar-refractivity contribution in [2.45, 2.75) is 0 Å². The van der Waals surface area contributed by atoms with E-state index in [0.29, 0.717) is 5.82 Å². The van der Waals surface area contributed by atoms with Gasteiger partial charge in [0.15, 0.2) is 5.82 Å². The first-order valence-electron chi connectivity index (χ1n) is 19.4. The van der Waals surface area contributed by atoms with Crippen LogP contribution in [-0.2, 0) is 0 Å². The fourth-order valence-electron chi connectivity index (χ4n) is 8.44. The molecule has 0 fully saturated rings. The van der Waals surface area contributed by atoms with Crippen LogP contribution in [0.25, 0.3) is 120 Å². The number of benzene rings is 8. The lowest BCUT2D eigenvalue weighted by Gasteiger charge is -2.10. The van der Waals surface area contributed by atoms with E-state index < -0.39 is 0 Å². The molecule has 12 rings (SSSR count). The van der Waals surface area contributed by atoms with Crippen molar-refractivity contribution in [3.8, 4) is 56.3 Å². The average molecular weight is 758 g/mol. The Hall–Kier alpha value is -7.47. The van der Waals surface area contributed by atoms with Crippen molar-refractivity contribution in [3.63, 3.8) is 0 Å². The van der Waals surface area contributed by atoms with Gasteiger partial charge in [-0.15, -0.1) is 11.3 Å². The summed E-state index contributed by atoms with van der Waals surface area (Å²) in [4.78, 5) is 15.4. The fraction of sp³-hybridized carbons (Fsp3) is 0. The third-order valence-electron chi connectivity index (χ3n) is 11.3. The predicted octanol–water partition coefficient (Wildman–Crippen LogP) is 14.8. The lowest BCUT2D eigenvalue weighted by Crippen LogP contribution is -1.96. The van der Waals surface area contributed by atoms with E-state index in [1.54, 1.807) is 0 Å². The molecule has 0 unspecified atom stereocenters. The van der Waals surface area contributed by atoms with Crippen molar-refractivity contribution >= 4 is 75.1 Å². The quantitative estimate of drug-likeness (QED) is 0.164. The third-order valence-corrected chi connectivity index (χ3v) is 12.4. The summed E-state index contributed by atoms with van der Waals surface area (Å²) in [6.45, 7) is 0. The van der Waals surface area contributed by atoms with Crippen molar-refractivity contribution in [2.24, 2.45) is 0 Å². The molecule has 58 heavy (non-hydrogen) atoms. The van der Waals surface area contributed by atoms with E-state index in [4.69, 9.17) is 19.4 Å². The van der Waals surface area contributed by atoms with Crippen molar-refractivity contribution in [1.29, 1.82) is 0 Å². The van der Waals surface area contributed by atoms with Crippen LogP contribution in [0.1, 0.15) is 0 Å². The molecular formula is C53H31N3OS. The van der Waals surface area contributed by atoms with E-state index in [2.05, 4.69) is 170 Å². The van der Waals surface area contributed by atoms with E-state index in [0.717, 1.165) is 94.1 Å². The number of para-hydroxylation sites is 1. The summed E-state index contributed by atoms with van der Waals surface area (Å²) in [7, 11) is 0. The summed E-state index contributed by atoms with van der Waals surface area (Å²) in [6.07, 6.45) is 0. The lowest BCUT2D eigenvalue weighted by molar-refractivity contribution is 0.673. The van der Waals surface area contributed by atoms with Crippen LogP contribution in [0.3, 0.4) is 0 Å². The zero-order valence-corrected chi connectivity index (χ0v) is 31.9. The first kappa shape index (κ1) is 32.7. The van der Waals surface area contributed by atoms with Gasteiger partial charge in [-0.2, -0.15) is 0 Å². The van der Waals surface area contributed by atoms with Crippen LogP contribution in [0.4, 0.5) is 0 Å². The maximum Gasteiger partial charge on any atom is 0.160 e. The van der Waals surface area contributed by atoms with Gasteiger partial charge in [0.1, 0.15) is 11.2 Å². The van der Waals surface area contributed by atoms with Gasteiger partial charge in [-0.05, 0) is 53.6 Å². The zero-order valence-electron chi connectivity index (χ0n) is 31.1. The van der Waals surface area contributed by atoms with E-state index in [1.165, 1.54) is 20.2 Å². The molecule has 0 spiro atoms. The van der Waals surface area contributed by atoms with Crippen molar-refractivity contribution in [3.05, 3.63) is 188 Å². The Balaban J connectivity index is 0.952. The Morgan fingerprint density at radius 2 is 0.966 bits per heavy atom. The first-order valence-corrected chi connectivity index (χ1v) is 20.2. The van der Waals surface area contributed by atoms with Crippen LogP contribution in [0, 0.1) is 0 Å². The lowest BCUT2D eigenvalue weighted by atomic mass is 9.97. The molecular weight excluding hydrogens is 727 g/mol. The Morgan fingerprint density at radius 3 is 1.78 bits per heavy atom. The summed E-state index contributed by atoms with van der Waals surface area (Å²) in [5.41, 5.74) is 11.9. The third kappa shape index (κ3) is 5.32. The predicted molar refractivity (Wildman–Crippen MR) is 242 cm³/mol. The van der Waals surface area contributed by atoms with Crippen LogP contribution < -0.4 is 0 Å². The number of fused-ring (bicyclic) bond motifs is 10. The topological polar surface area (TPSA) is 51.8 Å². The number of aromatic nitrogens is 3. The summed E-state index contributed by atoms with van der Waals surface area (Å²) in [5, 5.41) is 7.98. The van der Waals surface area contributed by atoms with E-state index in [-0.39, 0.29) is 0 Å². The Labute approximate surface area is 337 Å². The highest BCUT2D eigenvalue weighted by molar-refractivity contribution is 7.25. The van der Waals surface area contributed by atoms with Gasteiger partial charge in [0.25, 0.3) is 0 Å². The van der Waals surface area contributed by atoms with Crippen LogP contribution in [0.2, 0.25) is 0 Å². The fourth-order valence-corrected chi connectivity index (χ4v) is 9.59. The molecule has 4 heterocycles. The van der Waals surface area contributed by atoms with Gasteiger partial charge in [-0.1, -0.05) is 146 Å². The summed E-state index contributed by atoms with van der Waals surface area (Å²) < 4.78 is 9.24. The van der Waals surface area contributed by atoms with Crippen LogP contribution >= 0.6 is 11.3 Å². The number of thiophene rings is 1. The van der Waals surface area contributed by atoms with E-state index in [9.17, 15) is 0 Å². The number of rotatable bonds is 5. The number of pyridine rings is 1. The smallest absolute Gasteiger partial charge is 0.160 e. The SMILES string of the molecule is c1ccc(-c2cc(-c3ccc(-c4ccc5oc6c(ccc7c(-c8ccccc8)nc8ccccc8c76)c5c4)cc3)nc(-c3ccc4c(c3)sc3ccccc34)n2)cc1. The number of hydrogen-bond donors (Lipinski definition) is 0. The highest BCUT2D eigenvalue weighted by Crippen LogP contribution is 2.42. The standard InChI is InChI=1S/C53H31N3OS/c1-3-11-33(12-4-1)45-31-46(56-53(55-45)37-23-25-39-38-15-8-10-18-48(38)58-49(39)30-37)34-21-19-32(20-22-34)36-24-28-47-43(29-36)40-26-27-42-50(52(40)57-47)41-16-7-9-17-44(41)54-51(42)35-13-5-2-6-14-35/h1-31H. The summed E-state index contributed by atoms with van der Waals surface area (Å²) in [5.74, 6) is 0.712. The number of furan rings is 1. The minimum absolute atomic E-state index is 0.712. The number of nitrogens with zero attached hydrogens (tertiary/aromatic N) is 3. The molecule has 4 nitrogen and oxygen atoms in total. The number of hydrogen-bond acceptors (Lipinski definition) is 5. The van der Waals surface area contributed by atoms with Crippen LogP contribution in [-0.4, -0.2) is 15.0 Å². The van der Waals surface area contributed by atoms with E-state index >= 15 is 0 Å². The molecule has 0 aliphatic carbocycles. The van der Waals surface area contributed by atoms with Crippen LogP contribution in [0.15, 0.2) is 192 Å². The molecule has 0 amide bonds. The largest absolute Gasteiger partial charge is 0.455 e. The summed E-state index contributed by atoms with van der Waals surface area (Å²) >= 11 is 1.81. The first-order chi connectivity index (χ1) is 28.7. The zero-order chi connectivity index (χ0) is 38.2. The Bertz CT molecular complexity index is 3550. The van der Waals surface area contributed by atoms with Gasteiger partial charge in [0, 0.05) is 69.4 Å². The van der Waals surface area contributed by atoms with Gasteiger partial charge in [0.05, 0.1) is 22.6 Å². The van der Waals surface area contributed by atoms with Gasteiger partial charge in [0.2, 0.25) is 0 Å². The molecule has 0 aliphatic rings. The molecule has 0 saturated heterocycles. The van der Waals surface area contributed by atoms with Crippen LogP contribution in [0.5, 0.6) is 0 Å². The second kappa shape index (κ2) is 13.1. The minimum atomic E-state index is 0.712. The molecule has 8 aromatic carbocycles. The van der Waals surface area contributed by atoms with Crippen molar-refractivity contribution in [1.82, 2.24) is 15.0 Å². The van der Waals surface area contributed by atoms with E-state index in [1.807, 2.05) is 29.5 Å². The molecule has 0 bridgehead atoms. The van der Waals surface area contributed by atoms with Gasteiger partial charge >= 0.3 is 0 Å². The molecule has 0 aliphatic heterocycles. The second-order valence-electron chi connectivity index (χ2n) is 14.7. The molecule has 4 aromatic heterocycles. The molecule has 0 atom stereocenters. The normalized spacial score (nSPS) is 11.8. The highest BCUT2D eigenvalue weighted by atomic mass is 32.1. The highest BCUT2D eigenvalue weighted by Gasteiger charge is 2.18. The van der Waals surface area contributed by atoms with Gasteiger partial charge in [-0.25, -0.2) is 15.0 Å². The molecule has 5 heteroatoms. The molecule has 0 N–H and O–H groups in total. The maximum atomic E-state index is 6.73. The molecule has 270 valence electrons. The Morgan fingerprint density at radius 1 is 0.362 bits per heavy atom. The van der Waals surface area contributed by atoms with Crippen molar-refractivity contribution in [2.75, 3.05) is 0 Å². The molecule has 0 radical (unpaired) electrons. The average Bonchev–Trinajstić information content (AvgIpc) is 3.87. The second-order valence-corrected chi connectivity index (χ2v) is 15.8. The van der Waals surface area contributed by atoms with Gasteiger partial charge in [-0.3, -0.25) is 0 Å². The minimum Gasteiger partial charge on any atom is -0.455 e. The molecule has 12 aromatic rings. The monoisotopic (exact) mass is 757 g/mol. The summed E-state index contributed by atoms with van der Waals surface area (Å²) in [6, 6.07) is 66.0. The molecule has 0 saturated carbocycles. The van der Waals surface area contributed by atoms with Gasteiger partial charge < -0.3 is 4.42 Å². The Kier molecular flexibility index (Phi) is 7.37. The van der Waals surface area contributed by atoms with Crippen molar-refractivity contribution < 1.29 is 4.42 Å². The maximum absolute atomic E-state index is 6.73.